The maximum absolute atomic E-state index is 12.0. The van der Waals surface area contributed by atoms with Gasteiger partial charge in [0.05, 0.1) is 13.1 Å². The monoisotopic (exact) mass is 419 g/mol. The number of amides is 1. The number of rotatable bonds is 7. The van der Waals surface area contributed by atoms with E-state index in [1.54, 1.807) is 0 Å². The lowest BCUT2D eigenvalue weighted by Gasteiger charge is -2.30. The molecule has 2 aromatic carbocycles. The molecular weight excluding hydrogens is 386 g/mol. The average molecular weight is 420 g/mol. The van der Waals surface area contributed by atoms with Gasteiger partial charge in [0, 0.05) is 25.3 Å². The zero-order valence-corrected chi connectivity index (χ0v) is 18.8. The van der Waals surface area contributed by atoms with Crippen LogP contribution in [-0.4, -0.2) is 61.9 Å². The van der Waals surface area contributed by atoms with Crippen molar-refractivity contribution in [3.8, 4) is 0 Å². The standard InChI is InChI=1S/C25H33N5O/c1-4-26-25(30-15-13-22(14-16-30)21-10-6-5-7-11-21)27-18-20-9-8-12-23(17-20)28-24(31)19-29(2)3/h5-13,17H,4,14-16,18-19H2,1-3H3,(H,26,27)(H,28,31). The summed E-state index contributed by atoms with van der Waals surface area (Å²) in [7, 11) is 3.76. The SMILES string of the molecule is CCNC(=NCc1cccc(NC(=O)CN(C)C)c1)N1CC=C(c2ccccc2)CC1. The highest BCUT2D eigenvalue weighted by Gasteiger charge is 2.16. The van der Waals surface area contributed by atoms with Gasteiger partial charge in [-0.2, -0.15) is 0 Å². The van der Waals surface area contributed by atoms with Crippen LogP contribution in [0, 0.1) is 0 Å². The minimum Gasteiger partial charge on any atom is -0.356 e. The van der Waals surface area contributed by atoms with Crippen molar-refractivity contribution in [3.63, 3.8) is 0 Å². The molecule has 0 atom stereocenters. The second kappa shape index (κ2) is 11.3. The van der Waals surface area contributed by atoms with E-state index in [1.807, 2.05) is 43.3 Å². The summed E-state index contributed by atoms with van der Waals surface area (Å²) in [6.07, 6.45) is 3.30. The molecule has 0 fully saturated rings. The number of carbonyl (C=O) groups is 1. The van der Waals surface area contributed by atoms with Crippen molar-refractivity contribution >= 4 is 23.1 Å². The largest absolute Gasteiger partial charge is 0.356 e. The van der Waals surface area contributed by atoms with Crippen LogP contribution in [0.5, 0.6) is 0 Å². The zero-order valence-electron chi connectivity index (χ0n) is 18.8. The van der Waals surface area contributed by atoms with Crippen LogP contribution in [0.2, 0.25) is 0 Å². The van der Waals surface area contributed by atoms with Gasteiger partial charge in [0.2, 0.25) is 5.91 Å². The smallest absolute Gasteiger partial charge is 0.238 e. The lowest BCUT2D eigenvalue weighted by atomic mass is 10.00. The first kappa shape index (κ1) is 22.6. The van der Waals surface area contributed by atoms with Crippen molar-refractivity contribution in [2.75, 3.05) is 45.6 Å². The highest BCUT2D eigenvalue weighted by molar-refractivity contribution is 5.92. The van der Waals surface area contributed by atoms with E-state index in [0.29, 0.717) is 13.1 Å². The Bertz CT molecular complexity index is 921. The molecule has 1 aliphatic rings. The number of benzene rings is 2. The second-order valence-electron chi connectivity index (χ2n) is 7.95. The number of guanidine groups is 1. The van der Waals surface area contributed by atoms with Crippen molar-refractivity contribution in [2.45, 2.75) is 19.9 Å². The normalized spacial score (nSPS) is 14.4. The maximum Gasteiger partial charge on any atom is 0.238 e. The summed E-state index contributed by atoms with van der Waals surface area (Å²) in [5.41, 5.74) is 4.57. The van der Waals surface area contributed by atoms with Gasteiger partial charge in [-0.25, -0.2) is 4.99 Å². The van der Waals surface area contributed by atoms with E-state index >= 15 is 0 Å². The lowest BCUT2D eigenvalue weighted by molar-refractivity contribution is -0.116. The minimum absolute atomic E-state index is 0.0201. The van der Waals surface area contributed by atoms with Gasteiger partial charge in [-0.1, -0.05) is 48.5 Å². The van der Waals surface area contributed by atoms with Gasteiger partial charge in [0.25, 0.3) is 0 Å². The fraction of sp³-hybridized carbons (Fsp3) is 0.360. The first-order valence-corrected chi connectivity index (χ1v) is 10.9. The summed E-state index contributed by atoms with van der Waals surface area (Å²) >= 11 is 0. The molecule has 6 nitrogen and oxygen atoms in total. The van der Waals surface area contributed by atoms with Gasteiger partial charge in [0.1, 0.15) is 0 Å². The fourth-order valence-electron chi connectivity index (χ4n) is 3.60. The minimum atomic E-state index is -0.0201. The topological polar surface area (TPSA) is 60.0 Å². The summed E-state index contributed by atoms with van der Waals surface area (Å²) in [5.74, 6) is 0.904. The molecule has 1 aliphatic heterocycles. The highest BCUT2D eigenvalue weighted by atomic mass is 16.2. The van der Waals surface area contributed by atoms with E-state index in [9.17, 15) is 4.79 Å². The molecule has 6 heteroatoms. The third-order valence-corrected chi connectivity index (χ3v) is 5.07. The molecule has 1 amide bonds. The first-order chi connectivity index (χ1) is 15.0. The molecule has 0 saturated carbocycles. The quantitative estimate of drug-likeness (QED) is 0.533. The Labute approximate surface area is 185 Å². The molecule has 2 N–H and O–H groups in total. The van der Waals surface area contributed by atoms with Gasteiger partial charge >= 0.3 is 0 Å². The zero-order chi connectivity index (χ0) is 22.1. The molecule has 164 valence electrons. The summed E-state index contributed by atoms with van der Waals surface area (Å²) in [5, 5.41) is 6.36. The maximum atomic E-state index is 12.0. The molecule has 1 heterocycles. The fourth-order valence-corrected chi connectivity index (χ4v) is 3.60. The molecule has 0 bridgehead atoms. The molecule has 0 aliphatic carbocycles. The van der Waals surface area contributed by atoms with Crippen LogP contribution in [0.4, 0.5) is 5.69 Å². The molecule has 0 saturated heterocycles. The number of likely N-dealkylation sites (N-methyl/N-ethyl adjacent to an activating group) is 1. The molecule has 2 aromatic rings. The third-order valence-electron chi connectivity index (χ3n) is 5.07. The molecule has 3 rings (SSSR count). The number of carbonyl (C=O) groups excluding carboxylic acids is 1. The average Bonchev–Trinajstić information content (AvgIpc) is 2.77. The van der Waals surface area contributed by atoms with Crippen molar-refractivity contribution in [2.24, 2.45) is 4.99 Å². The number of hydrogen-bond donors (Lipinski definition) is 2. The molecular formula is C25H33N5O. The number of nitrogens with zero attached hydrogens (tertiary/aromatic N) is 3. The highest BCUT2D eigenvalue weighted by Crippen LogP contribution is 2.22. The van der Waals surface area contributed by atoms with Crippen LogP contribution in [0.1, 0.15) is 24.5 Å². The van der Waals surface area contributed by atoms with Gasteiger partial charge in [0.15, 0.2) is 5.96 Å². The number of aliphatic imine (C=N–C) groups is 1. The van der Waals surface area contributed by atoms with E-state index < -0.39 is 0 Å². The number of hydrogen-bond acceptors (Lipinski definition) is 3. The molecule has 31 heavy (non-hydrogen) atoms. The lowest BCUT2D eigenvalue weighted by Crippen LogP contribution is -2.43. The van der Waals surface area contributed by atoms with E-state index in [1.165, 1.54) is 11.1 Å². The van der Waals surface area contributed by atoms with Gasteiger partial charge in [-0.15, -0.1) is 0 Å². The Morgan fingerprint density at radius 2 is 1.94 bits per heavy atom. The van der Waals surface area contributed by atoms with Crippen molar-refractivity contribution in [3.05, 3.63) is 71.8 Å². The van der Waals surface area contributed by atoms with Crippen LogP contribution in [0.25, 0.3) is 5.57 Å². The number of anilines is 1. The van der Waals surface area contributed by atoms with E-state index in [-0.39, 0.29) is 5.91 Å². The number of nitrogens with one attached hydrogen (secondary N) is 2. The van der Waals surface area contributed by atoms with Crippen LogP contribution in [-0.2, 0) is 11.3 Å². The van der Waals surface area contributed by atoms with Crippen LogP contribution >= 0.6 is 0 Å². The Balaban J connectivity index is 1.64. The molecule has 0 radical (unpaired) electrons. The third kappa shape index (κ3) is 6.96. The summed E-state index contributed by atoms with van der Waals surface area (Å²) in [4.78, 5) is 21.0. The summed E-state index contributed by atoms with van der Waals surface area (Å²) in [6, 6.07) is 18.5. The van der Waals surface area contributed by atoms with E-state index in [2.05, 4.69) is 58.9 Å². The van der Waals surface area contributed by atoms with Crippen molar-refractivity contribution < 1.29 is 4.79 Å². The van der Waals surface area contributed by atoms with E-state index in [0.717, 1.165) is 43.3 Å². The Kier molecular flexibility index (Phi) is 8.24. The van der Waals surface area contributed by atoms with Gasteiger partial charge in [-0.3, -0.25) is 4.79 Å². The summed E-state index contributed by atoms with van der Waals surface area (Å²) < 4.78 is 0. The van der Waals surface area contributed by atoms with Gasteiger partial charge < -0.3 is 20.4 Å². The van der Waals surface area contributed by atoms with Crippen molar-refractivity contribution in [1.82, 2.24) is 15.1 Å². The van der Waals surface area contributed by atoms with Crippen molar-refractivity contribution in [1.29, 1.82) is 0 Å². The molecule has 0 aromatic heterocycles. The van der Waals surface area contributed by atoms with Crippen LogP contribution in [0.15, 0.2) is 65.7 Å². The predicted octanol–water partition coefficient (Wildman–Crippen LogP) is 3.44. The molecule has 0 spiro atoms. The Morgan fingerprint density at radius 1 is 1.13 bits per heavy atom. The first-order valence-electron chi connectivity index (χ1n) is 10.9. The summed E-state index contributed by atoms with van der Waals surface area (Å²) in [6.45, 7) is 5.62. The van der Waals surface area contributed by atoms with E-state index in [4.69, 9.17) is 4.99 Å². The van der Waals surface area contributed by atoms with Crippen LogP contribution < -0.4 is 10.6 Å². The molecule has 0 unspecified atom stereocenters. The predicted molar refractivity (Wildman–Crippen MR) is 129 cm³/mol. The van der Waals surface area contributed by atoms with Crippen LogP contribution in [0.3, 0.4) is 0 Å². The second-order valence-corrected chi connectivity index (χ2v) is 7.95. The van der Waals surface area contributed by atoms with Gasteiger partial charge in [-0.05, 0) is 56.3 Å². The Hall–Kier alpha value is -3.12. The Morgan fingerprint density at radius 3 is 2.61 bits per heavy atom.